The van der Waals surface area contributed by atoms with Crippen molar-refractivity contribution in [1.82, 2.24) is 0 Å². The van der Waals surface area contributed by atoms with Crippen molar-refractivity contribution in [1.29, 1.82) is 0 Å². The molecular weight excluding hydrogens is 320 g/mol. The Kier molecular flexibility index (Phi) is 4.79. The first-order chi connectivity index (χ1) is 9.60. The fraction of sp³-hybridized carbons (Fsp3) is 0.188. The minimum atomic E-state index is -0.350. The van der Waals surface area contributed by atoms with E-state index in [4.69, 9.17) is 4.74 Å². The van der Waals surface area contributed by atoms with Crippen molar-refractivity contribution in [2.24, 2.45) is 0 Å². The van der Waals surface area contributed by atoms with Gasteiger partial charge in [0.25, 0.3) is 0 Å². The van der Waals surface area contributed by atoms with Crippen molar-refractivity contribution < 1.29 is 14.3 Å². The molecule has 20 heavy (non-hydrogen) atoms. The van der Waals surface area contributed by atoms with Gasteiger partial charge in [-0.05, 0) is 36.8 Å². The van der Waals surface area contributed by atoms with E-state index >= 15 is 0 Å². The minimum Gasteiger partial charge on any atom is -0.489 e. The second-order valence-corrected chi connectivity index (χ2v) is 5.26. The predicted octanol–water partition coefficient (Wildman–Crippen LogP) is 4.12. The molecule has 2 aromatic carbocycles. The van der Waals surface area contributed by atoms with Gasteiger partial charge in [0.15, 0.2) is 0 Å². The number of carbonyl (C=O) groups excluding carboxylic acids is 1. The van der Waals surface area contributed by atoms with Gasteiger partial charge in [-0.25, -0.2) is 4.79 Å². The summed E-state index contributed by atoms with van der Waals surface area (Å²) in [5.41, 5.74) is 2.64. The lowest BCUT2D eigenvalue weighted by Gasteiger charge is -2.09. The number of benzene rings is 2. The lowest BCUT2D eigenvalue weighted by molar-refractivity contribution is 0.0600. The van der Waals surface area contributed by atoms with Crippen LogP contribution in [0.1, 0.15) is 21.5 Å². The summed E-state index contributed by atoms with van der Waals surface area (Å²) in [5, 5.41) is 0. The number of hydrogen-bond acceptors (Lipinski definition) is 3. The Bertz CT molecular complexity index is 623. The molecule has 0 aliphatic rings. The van der Waals surface area contributed by atoms with E-state index in [0.717, 1.165) is 21.3 Å². The highest BCUT2D eigenvalue weighted by Crippen LogP contribution is 2.22. The Morgan fingerprint density at radius 3 is 2.65 bits per heavy atom. The van der Waals surface area contributed by atoms with Crippen molar-refractivity contribution in [3.8, 4) is 5.75 Å². The molecule has 0 unspecified atom stereocenters. The number of rotatable bonds is 4. The first-order valence-electron chi connectivity index (χ1n) is 6.16. The van der Waals surface area contributed by atoms with E-state index < -0.39 is 0 Å². The normalized spacial score (nSPS) is 10.2. The van der Waals surface area contributed by atoms with Gasteiger partial charge >= 0.3 is 5.97 Å². The van der Waals surface area contributed by atoms with Crippen LogP contribution in [-0.2, 0) is 11.3 Å². The molecule has 0 aromatic heterocycles. The number of halogens is 1. The SMILES string of the molecule is COC(=O)c1ccc(COc2cccc(C)c2)c(Br)c1. The highest BCUT2D eigenvalue weighted by Gasteiger charge is 2.08. The average molecular weight is 335 g/mol. The van der Waals surface area contributed by atoms with Crippen molar-refractivity contribution in [2.75, 3.05) is 7.11 Å². The number of methoxy groups -OCH3 is 1. The molecule has 0 aliphatic heterocycles. The molecular formula is C16H15BrO3. The quantitative estimate of drug-likeness (QED) is 0.789. The second kappa shape index (κ2) is 6.57. The van der Waals surface area contributed by atoms with Crippen LogP contribution in [0.4, 0.5) is 0 Å². The molecule has 0 heterocycles. The highest BCUT2D eigenvalue weighted by molar-refractivity contribution is 9.10. The van der Waals surface area contributed by atoms with E-state index in [1.54, 1.807) is 12.1 Å². The molecule has 0 amide bonds. The van der Waals surface area contributed by atoms with Crippen LogP contribution in [0.5, 0.6) is 5.75 Å². The zero-order chi connectivity index (χ0) is 14.5. The van der Waals surface area contributed by atoms with Crippen LogP contribution in [0.2, 0.25) is 0 Å². The summed E-state index contributed by atoms with van der Waals surface area (Å²) in [6.45, 7) is 2.46. The van der Waals surface area contributed by atoms with Gasteiger partial charge in [-0.1, -0.05) is 34.1 Å². The van der Waals surface area contributed by atoms with Crippen LogP contribution in [0, 0.1) is 6.92 Å². The van der Waals surface area contributed by atoms with Gasteiger partial charge in [0, 0.05) is 10.0 Å². The summed E-state index contributed by atoms with van der Waals surface area (Å²) in [5.74, 6) is 0.478. The van der Waals surface area contributed by atoms with E-state index in [-0.39, 0.29) is 5.97 Å². The predicted molar refractivity (Wildman–Crippen MR) is 81.0 cm³/mol. The molecule has 0 saturated heterocycles. The van der Waals surface area contributed by atoms with Gasteiger partial charge in [-0.2, -0.15) is 0 Å². The maximum absolute atomic E-state index is 11.4. The summed E-state index contributed by atoms with van der Waals surface area (Å²) in [6, 6.07) is 13.2. The fourth-order valence-electron chi connectivity index (χ4n) is 1.78. The molecule has 0 N–H and O–H groups in total. The number of ether oxygens (including phenoxy) is 2. The lowest BCUT2D eigenvalue weighted by Crippen LogP contribution is -2.03. The van der Waals surface area contributed by atoms with Crippen LogP contribution in [0.25, 0.3) is 0 Å². The van der Waals surface area contributed by atoms with E-state index in [0.29, 0.717) is 12.2 Å². The Morgan fingerprint density at radius 1 is 1.20 bits per heavy atom. The Hall–Kier alpha value is -1.81. The van der Waals surface area contributed by atoms with Gasteiger partial charge in [0.2, 0.25) is 0 Å². The molecule has 0 atom stereocenters. The van der Waals surface area contributed by atoms with Crippen LogP contribution < -0.4 is 4.74 Å². The van der Waals surface area contributed by atoms with Crippen LogP contribution >= 0.6 is 15.9 Å². The maximum Gasteiger partial charge on any atom is 0.337 e. The number of hydrogen-bond donors (Lipinski definition) is 0. The largest absolute Gasteiger partial charge is 0.489 e. The van der Waals surface area contributed by atoms with Crippen LogP contribution in [0.15, 0.2) is 46.9 Å². The Morgan fingerprint density at radius 2 is 2.00 bits per heavy atom. The standard InChI is InChI=1S/C16H15BrO3/c1-11-4-3-5-14(8-11)20-10-13-7-6-12(9-15(13)17)16(18)19-2/h3-9H,10H2,1-2H3. The van der Waals surface area contributed by atoms with Crippen LogP contribution in [-0.4, -0.2) is 13.1 Å². The molecule has 4 heteroatoms. The fourth-order valence-corrected chi connectivity index (χ4v) is 2.27. The maximum atomic E-state index is 11.4. The third-order valence-electron chi connectivity index (χ3n) is 2.86. The summed E-state index contributed by atoms with van der Waals surface area (Å²) < 4.78 is 11.2. The van der Waals surface area contributed by atoms with Gasteiger partial charge in [-0.3, -0.25) is 0 Å². The summed E-state index contributed by atoms with van der Waals surface area (Å²) in [7, 11) is 1.37. The molecule has 0 spiro atoms. The number of esters is 1. The van der Waals surface area contributed by atoms with E-state index in [1.807, 2.05) is 37.3 Å². The third kappa shape index (κ3) is 3.61. The molecule has 0 fully saturated rings. The third-order valence-corrected chi connectivity index (χ3v) is 3.60. The molecule has 2 rings (SSSR count). The second-order valence-electron chi connectivity index (χ2n) is 4.40. The van der Waals surface area contributed by atoms with E-state index in [1.165, 1.54) is 7.11 Å². The molecule has 0 radical (unpaired) electrons. The van der Waals surface area contributed by atoms with Gasteiger partial charge in [0.1, 0.15) is 12.4 Å². The van der Waals surface area contributed by atoms with Crippen LogP contribution in [0.3, 0.4) is 0 Å². The summed E-state index contributed by atoms with van der Waals surface area (Å²) in [4.78, 5) is 11.4. The van der Waals surface area contributed by atoms with Crippen molar-refractivity contribution in [3.63, 3.8) is 0 Å². The Balaban J connectivity index is 2.08. The molecule has 2 aromatic rings. The first-order valence-corrected chi connectivity index (χ1v) is 6.95. The van der Waals surface area contributed by atoms with Gasteiger partial charge in [-0.15, -0.1) is 0 Å². The molecule has 104 valence electrons. The molecule has 0 saturated carbocycles. The van der Waals surface area contributed by atoms with Gasteiger partial charge in [0.05, 0.1) is 12.7 Å². The highest BCUT2D eigenvalue weighted by atomic mass is 79.9. The van der Waals surface area contributed by atoms with Crippen molar-refractivity contribution in [3.05, 3.63) is 63.6 Å². The number of aryl methyl sites for hydroxylation is 1. The van der Waals surface area contributed by atoms with Crippen molar-refractivity contribution >= 4 is 21.9 Å². The monoisotopic (exact) mass is 334 g/mol. The Labute approximate surface area is 126 Å². The van der Waals surface area contributed by atoms with Crippen molar-refractivity contribution in [2.45, 2.75) is 13.5 Å². The zero-order valence-electron chi connectivity index (χ0n) is 11.4. The summed E-state index contributed by atoms with van der Waals surface area (Å²) in [6.07, 6.45) is 0. The smallest absolute Gasteiger partial charge is 0.337 e. The zero-order valence-corrected chi connectivity index (χ0v) is 12.9. The first kappa shape index (κ1) is 14.6. The van der Waals surface area contributed by atoms with E-state index in [9.17, 15) is 4.79 Å². The molecule has 0 aliphatic carbocycles. The topological polar surface area (TPSA) is 35.5 Å². The molecule has 3 nitrogen and oxygen atoms in total. The minimum absolute atomic E-state index is 0.350. The van der Waals surface area contributed by atoms with E-state index in [2.05, 4.69) is 20.7 Å². The lowest BCUT2D eigenvalue weighted by atomic mass is 10.1. The molecule has 0 bridgehead atoms. The van der Waals surface area contributed by atoms with Gasteiger partial charge < -0.3 is 9.47 Å². The average Bonchev–Trinajstić information content (AvgIpc) is 2.45. The summed E-state index contributed by atoms with van der Waals surface area (Å²) >= 11 is 3.44. The number of carbonyl (C=O) groups is 1.